The van der Waals surface area contributed by atoms with Crippen molar-refractivity contribution in [2.45, 2.75) is 19.3 Å². The first-order chi connectivity index (χ1) is 11.2. The highest BCUT2D eigenvalue weighted by Crippen LogP contribution is 2.52. The Bertz CT molecular complexity index is 954. The molecule has 1 heterocycles. The summed E-state index contributed by atoms with van der Waals surface area (Å²) in [6.07, 6.45) is 0. The molecule has 23 heavy (non-hydrogen) atoms. The SMILES string of the molecule is CC1(C)c2ccccc2-c2cc3c(cc21)NNc1ccccc1-3. The molecule has 112 valence electrons. The molecule has 0 aromatic heterocycles. The minimum atomic E-state index is 0.0413. The summed E-state index contributed by atoms with van der Waals surface area (Å²) in [7, 11) is 0. The molecule has 2 aliphatic rings. The van der Waals surface area contributed by atoms with Gasteiger partial charge in [0.25, 0.3) is 0 Å². The lowest BCUT2D eigenvalue weighted by Crippen LogP contribution is -2.18. The standard InChI is InChI=1S/C21H18N2/c1-21(2)17-9-5-3-7-13(17)15-11-16-14-8-4-6-10-19(14)22-23-20(16)12-18(15)21/h3-12,22-23H,1-2H3. The zero-order valence-corrected chi connectivity index (χ0v) is 13.3. The van der Waals surface area contributed by atoms with Crippen LogP contribution in [0.4, 0.5) is 11.4 Å². The van der Waals surface area contributed by atoms with Crippen LogP contribution in [-0.4, -0.2) is 0 Å². The molecule has 1 aliphatic carbocycles. The average molecular weight is 298 g/mol. The number of anilines is 2. The van der Waals surface area contributed by atoms with Crippen LogP contribution >= 0.6 is 0 Å². The lowest BCUT2D eigenvalue weighted by atomic mass is 9.81. The molecule has 2 nitrogen and oxygen atoms in total. The van der Waals surface area contributed by atoms with Gasteiger partial charge in [-0.05, 0) is 40.5 Å². The van der Waals surface area contributed by atoms with E-state index >= 15 is 0 Å². The number of hydrazine groups is 1. The predicted molar refractivity (Wildman–Crippen MR) is 96.7 cm³/mol. The first-order valence-corrected chi connectivity index (χ1v) is 8.06. The molecule has 2 heteroatoms. The second kappa shape index (κ2) is 4.17. The number of hydrogen-bond acceptors (Lipinski definition) is 2. The predicted octanol–water partition coefficient (Wildman–Crippen LogP) is 5.41. The Morgan fingerprint density at radius 1 is 0.609 bits per heavy atom. The molecule has 0 spiro atoms. The van der Waals surface area contributed by atoms with E-state index < -0.39 is 0 Å². The third kappa shape index (κ3) is 1.58. The molecule has 2 N–H and O–H groups in total. The third-order valence-electron chi connectivity index (χ3n) is 5.27. The molecule has 5 rings (SSSR count). The van der Waals surface area contributed by atoms with E-state index in [0.717, 1.165) is 11.4 Å². The van der Waals surface area contributed by atoms with E-state index in [1.54, 1.807) is 0 Å². The van der Waals surface area contributed by atoms with E-state index in [1.165, 1.54) is 33.4 Å². The van der Waals surface area contributed by atoms with Crippen LogP contribution in [0.25, 0.3) is 22.3 Å². The van der Waals surface area contributed by atoms with Crippen molar-refractivity contribution in [1.29, 1.82) is 0 Å². The van der Waals surface area contributed by atoms with Crippen molar-refractivity contribution in [2.75, 3.05) is 10.9 Å². The van der Waals surface area contributed by atoms with Gasteiger partial charge in [0.15, 0.2) is 0 Å². The van der Waals surface area contributed by atoms with Gasteiger partial charge in [-0.3, -0.25) is 0 Å². The highest BCUT2D eigenvalue weighted by molar-refractivity contribution is 5.95. The molecule has 3 aromatic rings. The fraction of sp³-hybridized carbons (Fsp3) is 0.143. The Morgan fingerprint density at radius 3 is 2.17 bits per heavy atom. The Hall–Kier alpha value is -2.74. The molecule has 0 fully saturated rings. The van der Waals surface area contributed by atoms with Crippen molar-refractivity contribution in [2.24, 2.45) is 0 Å². The average Bonchev–Trinajstić information content (AvgIpc) is 2.81. The minimum Gasteiger partial charge on any atom is -0.300 e. The van der Waals surface area contributed by atoms with E-state index in [2.05, 4.69) is 85.4 Å². The fourth-order valence-electron chi connectivity index (χ4n) is 4.04. The van der Waals surface area contributed by atoms with Crippen molar-refractivity contribution < 1.29 is 0 Å². The van der Waals surface area contributed by atoms with Gasteiger partial charge < -0.3 is 10.9 Å². The summed E-state index contributed by atoms with van der Waals surface area (Å²) in [5, 5.41) is 0. The van der Waals surface area contributed by atoms with Crippen molar-refractivity contribution >= 4 is 11.4 Å². The summed E-state index contributed by atoms with van der Waals surface area (Å²) < 4.78 is 0. The highest BCUT2D eigenvalue weighted by atomic mass is 15.4. The maximum atomic E-state index is 3.36. The number of fused-ring (bicyclic) bond motifs is 6. The van der Waals surface area contributed by atoms with Crippen LogP contribution in [0.5, 0.6) is 0 Å². The largest absolute Gasteiger partial charge is 0.300 e. The van der Waals surface area contributed by atoms with Gasteiger partial charge in [0, 0.05) is 16.5 Å². The highest BCUT2D eigenvalue weighted by Gasteiger charge is 2.36. The molecule has 3 aromatic carbocycles. The summed E-state index contributed by atoms with van der Waals surface area (Å²) in [6.45, 7) is 4.63. The maximum Gasteiger partial charge on any atom is 0.0622 e. The van der Waals surface area contributed by atoms with Crippen molar-refractivity contribution in [3.8, 4) is 22.3 Å². The van der Waals surface area contributed by atoms with Gasteiger partial charge in [0.05, 0.1) is 11.4 Å². The normalized spacial score (nSPS) is 15.6. The number of nitrogens with one attached hydrogen (secondary N) is 2. The van der Waals surface area contributed by atoms with E-state index in [-0.39, 0.29) is 5.41 Å². The van der Waals surface area contributed by atoms with Gasteiger partial charge in [-0.15, -0.1) is 0 Å². The first-order valence-electron chi connectivity index (χ1n) is 8.06. The van der Waals surface area contributed by atoms with Gasteiger partial charge in [0.2, 0.25) is 0 Å². The van der Waals surface area contributed by atoms with Crippen LogP contribution < -0.4 is 10.9 Å². The first kappa shape index (κ1) is 12.8. The molecule has 0 radical (unpaired) electrons. The molecular weight excluding hydrogens is 280 g/mol. The van der Waals surface area contributed by atoms with Crippen molar-refractivity contribution in [3.05, 3.63) is 71.8 Å². The van der Waals surface area contributed by atoms with Crippen molar-refractivity contribution in [1.82, 2.24) is 0 Å². The van der Waals surface area contributed by atoms with Crippen LogP contribution in [0.15, 0.2) is 60.7 Å². The second-order valence-electron chi connectivity index (χ2n) is 6.91. The lowest BCUT2D eigenvalue weighted by molar-refractivity contribution is 0.660. The fourth-order valence-corrected chi connectivity index (χ4v) is 4.04. The lowest BCUT2D eigenvalue weighted by Gasteiger charge is -2.26. The summed E-state index contributed by atoms with van der Waals surface area (Å²) in [6, 6.07) is 21.9. The van der Waals surface area contributed by atoms with Crippen LogP contribution in [0.3, 0.4) is 0 Å². The van der Waals surface area contributed by atoms with Gasteiger partial charge in [-0.2, -0.15) is 0 Å². The number of benzene rings is 3. The van der Waals surface area contributed by atoms with Gasteiger partial charge >= 0.3 is 0 Å². The van der Waals surface area contributed by atoms with Crippen LogP contribution in [-0.2, 0) is 5.41 Å². The van der Waals surface area contributed by atoms with Gasteiger partial charge in [-0.25, -0.2) is 0 Å². The molecule has 0 bridgehead atoms. The number of para-hydroxylation sites is 1. The number of rotatable bonds is 0. The quantitative estimate of drug-likeness (QED) is 0.579. The number of hydrogen-bond donors (Lipinski definition) is 2. The zero-order chi connectivity index (χ0) is 15.6. The molecule has 0 atom stereocenters. The van der Waals surface area contributed by atoms with E-state index in [1.807, 2.05) is 0 Å². The molecule has 0 unspecified atom stereocenters. The van der Waals surface area contributed by atoms with Crippen LogP contribution in [0, 0.1) is 0 Å². The molecule has 0 saturated heterocycles. The second-order valence-corrected chi connectivity index (χ2v) is 6.91. The van der Waals surface area contributed by atoms with Crippen LogP contribution in [0.1, 0.15) is 25.0 Å². The Kier molecular flexibility index (Phi) is 2.31. The topological polar surface area (TPSA) is 24.1 Å². The summed E-state index contributed by atoms with van der Waals surface area (Å²) in [5.41, 5.74) is 17.1. The monoisotopic (exact) mass is 298 g/mol. The van der Waals surface area contributed by atoms with Gasteiger partial charge in [0.1, 0.15) is 0 Å². The summed E-state index contributed by atoms with van der Waals surface area (Å²) in [5.74, 6) is 0. The van der Waals surface area contributed by atoms with Crippen LogP contribution in [0.2, 0.25) is 0 Å². The Labute approximate surface area is 136 Å². The smallest absolute Gasteiger partial charge is 0.0622 e. The van der Waals surface area contributed by atoms with E-state index in [4.69, 9.17) is 0 Å². The summed E-state index contributed by atoms with van der Waals surface area (Å²) >= 11 is 0. The molecule has 0 saturated carbocycles. The third-order valence-corrected chi connectivity index (χ3v) is 5.27. The van der Waals surface area contributed by atoms with E-state index in [9.17, 15) is 0 Å². The molecule has 0 amide bonds. The zero-order valence-electron chi connectivity index (χ0n) is 13.3. The molecule has 1 aliphatic heterocycles. The Balaban J connectivity index is 1.83. The Morgan fingerprint density at radius 2 is 1.30 bits per heavy atom. The van der Waals surface area contributed by atoms with E-state index in [0.29, 0.717) is 0 Å². The minimum absolute atomic E-state index is 0.0413. The van der Waals surface area contributed by atoms with Gasteiger partial charge in [-0.1, -0.05) is 56.3 Å². The van der Waals surface area contributed by atoms with Crippen molar-refractivity contribution in [3.63, 3.8) is 0 Å². The maximum absolute atomic E-state index is 3.36. The molecular formula is C21H18N2. The summed E-state index contributed by atoms with van der Waals surface area (Å²) in [4.78, 5) is 0.